The molecule has 6 heteroatoms. The van der Waals surface area contributed by atoms with Crippen LogP contribution in [0.5, 0.6) is 0 Å². The molecular formula is C21H15Cl2NO3. The van der Waals surface area contributed by atoms with E-state index in [1.165, 1.54) is 6.20 Å². The smallest absolute Gasteiger partial charge is 0.344 e. The first-order valence-corrected chi connectivity index (χ1v) is 8.83. The minimum atomic E-state index is -0.717. The van der Waals surface area contributed by atoms with E-state index in [1.807, 2.05) is 30.3 Å². The third kappa shape index (κ3) is 4.48. The number of halogens is 2. The van der Waals surface area contributed by atoms with Crippen LogP contribution in [0.4, 0.5) is 0 Å². The molecule has 0 aliphatic heterocycles. The van der Waals surface area contributed by atoms with Crippen LogP contribution in [0, 0.1) is 0 Å². The van der Waals surface area contributed by atoms with Crippen molar-refractivity contribution in [2.45, 2.75) is 6.61 Å². The highest BCUT2D eigenvalue weighted by atomic mass is 35.5. The Balaban J connectivity index is 2.01. The van der Waals surface area contributed by atoms with Crippen molar-refractivity contribution < 1.29 is 14.6 Å². The zero-order chi connectivity index (χ0) is 19.2. The van der Waals surface area contributed by atoms with Crippen LogP contribution < -0.4 is 0 Å². The fourth-order valence-electron chi connectivity index (χ4n) is 2.45. The van der Waals surface area contributed by atoms with Crippen LogP contribution in [-0.4, -0.2) is 16.1 Å². The van der Waals surface area contributed by atoms with E-state index >= 15 is 0 Å². The van der Waals surface area contributed by atoms with Gasteiger partial charge in [-0.25, -0.2) is 4.79 Å². The predicted molar refractivity (Wildman–Crippen MR) is 106 cm³/mol. The molecule has 0 atom stereocenters. The van der Waals surface area contributed by atoms with Crippen LogP contribution >= 0.6 is 23.2 Å². The summed E-state index contributed by atoms with van der Waals surface area (Å²) in [5.74, 6) is -1.06. The molecule has 0 fully saturated rings. The average molecular weight is 400 g/mol. The summed E-state index contributed by atoms with van der Waals surface area (Å²) in [6, 6.07) is 19.1. The second kappa shape index (κ2) is 8.71. The monoisotopic (exact) mass is 399 g/mol. The minimum absolute atomic E-state index is 0.0621. The maximum atomic E-state index is 12.8. The molecule has 136 valence electrons. The highest BCUT2D eigenvalue weighted by Gasteiger charge is 2.23. The zero-order valence-corrected chi connectivity index (χ0v) is 15.6. The summed E-state index contributed by atoms with van der Waals surface area (Å²) in [5.41, 5.74) is 1.23. The molecule has 0 spiro atoms. The lowest BCUT2D eigenvalue weighted by atomic mass is 10.0. The van der Waals surface area contributed by atoms with Crippen LogP contribution in [0.3, 0.4) is 0 Å². The van der Waals surface area contributed by atoms with Crippen molar-refractivity contribution in [2.24, 2.45) is 0 Å². The number of pyridine rings is 1. The standard InChI is InChI=1S/C21H15Cl2NO3/c22-16-10-6-9-15(19(16)23)20(25)18(17-11-4-5-12-24-17)21(26)27-13-14-7-2-1-3-8-14/h1-12,25H,13H2/b20-18-. The molecule has 1 aromatic heterocycles. The van der Waals surface area contributed by atoms with Gasteiger partial charge in [0.1, 0.15) is 17.9 Å². The van der Waals surface area contributed by atoms with E-state index in [1.54, 1.807) is 36.4 Å². The molecule has 0 aliphatic rings. The quantitative estimate of drug-likeness (QED) is 0.346. The number of aliphatic hydroxyl groups is 1. The topological polar surface area (TPSA) is 59.4 Å². The molecule has 3 rings (SSSR count). The van der Waals surface area contributed by atoms with E-state index in [9.17, 15) is 9.90 Å². The molecular weight excluding hydrogens is 385 g/mol. The number of hydrogen-bond donors (Lipinski definition) is 1. The normalized spacial score (nSPS) is 11.6. The van der Waals surface area contributed by atoms with E-state index in [0.717, 1.165) is 5.56 Å². The van der Waals surface area contributed by atoms with Gasteiger partial charge < -0.3 is 9.84 Å². The molecule has 3 aromatic rings. The molecule has 2 aromatic carbocycles. The zero-order valence-electron chi connectivity index (χ0n) is 14.1. The second-order valence-electron chi connectivity index (χ2n) is 5.60. The Hall–Kier alpha value is -2.82. The van der Waals surface area contributed by atoms with Crippen molar-refractivity contribution in [1.29, 1.82) is 0 Å². The number of esters is 1. The molecule has 0 radical (unpaired) electrons. The van der Waals surface area contributed by atoms with E-state index in [4.69, 9.17) is 27.9 Å². The summed E-state index contributed by atoms with van der Waals surface area (Å²) in [6.45, 7) is 0.0621. The number of carbonyl (C=O) groups is 1. The summed E-state index contributed by atoms with van der Waals surface area (Å²) in [4.78, 5) is 16.9. The lowest BCUT2D eigenvalue weighted by molar-refractivity contribution is -0.137. The van der Waals surface area contributed by atoms with Gasteiger partial charge in [-0.05, 0) is 29.8 Å². The van der Waals surface area contributed by atoms with Gasteiger partial charge in [0.2, 0.25) is 0 Å². The molecule has 27 heavy (non-hydrogen) atoms. The van der Waals surface area contributed by atoms with Gasteiger partial charge in [-0.15, -0.1) is 0 Å². The second-order valence-corrected chi connectivity index (χ2v) is 6.39. The first kappa shape index (κ1) is 19.0. The predicted octanol–water partition coefficient (Wildman–Crippen LogP) is 5.56. The minimum Gasteiger partial charge on any atom is -0.506 e. The molecule has 0 aliphatic carbocycles. The Bertz CT molecular complexity index is 973. The Morgan fingerprint density at radius 2 is 1.70 bits per heavy atom. The number of ether oxygens (including phenoxy) is 1. The van der Waals surface area contributed by atoms with Gasteiger partial charge in [-0.3, -0.25) is 4.98 Å². The van der Waals surface area contributed by atoms with E-state index in [-0.39, 0.29) is 39.2 Å². The number of aliphatic hydroxyl groups excluding tert-OH is 1. The number of carbonyl (C=O) groups excluding carboxylic acids is 1. The molecule has 1 heterocycles. The first-order chi connectivity index (χ1) is 13.1. The lowest BCUT2D eigenvalue weighted by Gasteiger charge is -2.12. The van der Waals surface area contributed by atoms with Gasteiger partial charge in [-0.1, -0.05) is 65.7 Å². The van der Waals surface area contributed by atoms with Gasteiger partial charge in [0, 0.05) is 11.8 Å². The van der Waals surface area contributed by atoms with Crippen molar-refractivity contribution in [2.75, 3.05) is 0 Å². The lowest BCUT2D eigenvalue weighted by Crippen LogP contribution is -2.11. The van der Waals surface area contributed by atoms with Gasteiger partial charge in [0.15, 0.2) is 0 Å². The number of nitrogens with zero attached hydrogens (tertiary/aromatic N) is 1. The Morgan fingerprint density at radius 1 is 0.963 bits per heavy atom. The molecule has 0 saturated carbocycles. The van der Waals surface area contributed by atoms with Crippen molar-refractivity contribution in [3.8, 4) is 0 Å². The SMILES string of the molecule is O=C(OCc1ccccc1)/C(=C(\O)c1cccc(Cl)c1Cl)c1ccccn1. The maximum absolute atomic E-state index is 12.8. The number of rotatable bonds is 5. The fourth-order valence-corrected chi connectivity index (χ4v) is 2.84. The maximum Gasteiger partial charge on any atom is 0.344 e. The molecule has 0 saturated heterocycles. The summed E-state index contributed by atoms with van der Waals surface area (Å²) in [7, 11) is 0. The summed E-state index contributed by atoms with van der Waals surface area (Å²) >= 11 is 12.2. The van der Waals surface area contributed by atoms with Crippen molar-refractivity contribution >= 4 is 40.5 Å². The molecule has 0 unspecified atom stereocenters. The third-order valence-electron chi connectivity index (χ3n) is 3.78. The van der Waals surface area contributed by atoms with Crippen molar-refractivity contribution in [3.05, 3.63) is 99.8 Å². The summed E-state index contributed by atoms with van der Waals surface area (Å²) < 4.78 is 5.38. The van der Waals surface area contributed by atoms with Crippen LogP contribution in [0.2, 0.25) is 10.0 Å². The number of aromatic nitrogens is 1. The average Bonchev–Trinajstić information content (AvgIpc) is 2.70. The van der Waals surface area contributed by atoms with Gasteiger partial charge >= 0.3 is 5.97 Å². The highest BCUT2D eigenvalue weighted by Crippen LogP contribution is 2.33. The number of benzene rings is 2. The van der Waals surface area contributed by atoms with Gasteiger partial charge in [0.25, 0.3) is 0 Å². The summed E-state index contributed by atoms with van der Waals surface area (Å²) in [6.07, 6.45) is 1.52. The fraction of sp³-hybridized carbons (Fsp3) is 0.0476. The first-order valence-electron chi connectivity index (χ1n) is 8.08. The Labute approximate surface area is 166 Å². The van der Waals surface area contributed by atoms with E-state index in [2.05, 4.69) is 4.98 Å². The van der Waals surface area contributed by atoms with Crippen LogP contribution in [0.1, 0.15) is 16.8 Å². The largest absolute Gasteiger partial charge is 0.506 e. The van der Waals surface area contributed by atoms with Crippen LogP contribution in [-0.2, 0) is 16.1 Å². The third-order valence-corrected chi connectivity index (χ3v) is 4.60. The van der Waals surface area contributed by atoms with Crippen molar-refractivity contribution in [3.63, 3.8) is 0 Å². The molecule has 0 amide bonds. The molecule has 1 N–H and O–H groups in total. The van der Waals surface area contributed by atoms with Gasteiger partial charge in [0.05, 0.1) is 15.7 Å². The molecule has 0 bridgehead atoms. The van der Waals surface area contributed by atoms with Crippen molar-refractivity contribution in [1.82, 2.24) is 4.98 Å². The van der Waals surface area contributed by atoms with E-state index in [0.29, 0.717) is 0 Å². The van der Waals surface area contributed by atoms with Gasteiger partial charge in [-0.2, -0.15) is 0 Å². The Morgan fingerprint density at radius 3 is 2.41 bits per heavy atom. The highest BCUT2D eigenvalue weighted by molar-refractivity contribution is 6.43. The van der Waals surface area contributed by atoms with E-state index < -0.39 is 5.97 Å². The number of hydrogen-bond acceptors (Lipinski definition) is 4. The molecule has 4 nitrogen and oxygen atoms in total. The Kier molecular flexibility index (Phi) is 6.12. The van der Waals surface area contributed by atoms with Crippen LogP contribution in [0.15, 0.2) is 72.9 Å². The van der Waals surface area contributed by atoms with Crippen LogP contribution in [0.25, 0.3) is 11.3 Å². The summed E-state index contributed by atoms with van der Waals surface area (Å²) in [5, 5.41) is 11.2.